The second-order valence-corrected chi connectivity index (χ2v) is 4.29. The fourth-order valence-corrected chi connectivity index (χ4v) is 2.08. The number of Topliss-reactive ketones (excluding diaryl/α,β-unsaturated/α-hetero) is 1. The minimum atomic E-state index is -0.00412. The van der Waals surface area contributed by atoms with Gasteiger partial charge in [0.05, 0.1) is 5.56 Å². The minimum absolute atomic E-state index is 0.00412. The van der Waals surface area contributed by atoms with E-state index in [9.17, 15) is 4.79 Å². The lowest BCUT2D eigenvalue weighted by Gasteiger charge is -2.22. The van der Waals surface area contributed by atoms with Crippen molar-refractivity contribution in [2.24, 2.45) is 0 Å². The van der Waals surface area contributed by atoms with Crippen LogP contribution >= 0.6 is 15.9 Å². The Bertz CT molecular complexity index is 426. The van der Waals surface area contributed by atoms with Gasteiger partial charge in [-0.2, -0.15) is 0 Å². The molecule has 2 rings (SSSR count). The van der Waals surface area contributed by atoms with Crippen molar-refractivity contribution in [2.45, 2.75) is 13.8 Å². The average Bonchev–Trinajstić information content (AvgIpc) is 2.19. The summed E-state index contributed by atoms with van der Waals surface area (Å²) >= 11 is 3.41. The Hall–Kier alpha value is -1.03. The van der Waals surface area contributed by atoms with Crippen molar-refractivity contribution < 1.29 is 14.3 Å². The zero-order chi connectivity index (χ0) is 11.0. The Morgan fingerprint density at radius 3 is 2.73 bits per heavy atom. The normalized spacial score (nSPS) is 13.8. The highest BCUT2D eigenvalue weighted by Crippen LogP contribution is 2.39. The van der Waals surface area contributed by atoms with E-state index in [1.807, 2.05) is 13.0 Å². The second kappa shape index (κ2) is 3.85. The first kappa shape index (κ1) is 10.5. The molecule has 1 aliphatic heterocycles. The minimum Gasteiger partial charge on any atom is -0.486 e. The molecule has 4 heteroatoms. The van der Waals surface area contributed by atoms with Crippen molar-refractivity contribution in [3.05, 3.63) is 21.7 Å². The number of ether oxygens (including phenoxy) is 2. The van der Waals surface area contributed by atoms with E-state index in [2.05, 4.69) is 15.9 Å². The van der Waals surface area contributed by atoms with Crippen molar-refractivity contribution >= 4 is 21.7 Å². The fraction of sp³-hybridized carbons (Fsp3) is 0.364. The van der Waals surface area contributed by atoms with Gasteiger partial charge in [0.1, 0.15) is 13.2 Å². The van der Waals surface area contributed by atoms with Gasteiger partial charge in [0, 0.05) is 4.47 Å². The molecule has 0 radical (unpaired) electrons. The third-order valence-electron chi connectivity index (χ3n) is 2.38. The molecule has 0 spiro atoms. The van der Waals surface area contributed by atoms with E-state index in [1.54, 1.807) is 0 Å². The summed E-state index contributed by atoms with van der Waals surface area (Å²) in [6.45, 7) is 4.44. The van der Waals surface area contributed by atoms with Gasteiger partial charge in [-0.25, -0.2) is 0 Å². The second-order valence-electron chi connectivity index (χ2n) is 3.44. The fourth-order valence-electron chi connectivity index (χ4n) is 1.67. The molecular formula is C11H11BrO3. The van der Waals surface area contributed by atoms with E-state index in [0.717, 1.165) is 10.0 Å². The molecule has 0 saturated heterocycles. The summed E-state index contributed by atoms with van der Waals surface area (Å²) in [6, 6.07) is 1.84. The molecule has 0 unspecified atom stereocenters. The van der Waals surface area contributed by atoms with Gasteiger partial charge in [0.2, 0.25) is 0 Å². The van der Waals surface area contributed by atoms with Crippen LogP contribution in [0.1, 0.15) is 22.8 Å². The van der Waals surface area contributed by atoms with E-state index < -0.39 is 0 Å². The maximum Gasteiger partial charge on any atom is 0.172 e. The van der Waals surface area contributed by atoms with Crippen LogP contribution in [-0.4, -0.2) is 19.0 Å². The topological polar surface area (TPSA) is 35.5 Å². The van der Waals surface area contributed by atoms with Crippen LogP contribution in [-0.2, 0) is 0 Å². The zero-order valence-electron chi connectivity index (χ0n) is 8.59. The highest BCUT2D eigenvalue weighted by molar-refractivity contribution is 9.10. The van der Waals surface area contributed by atoms with E-state index >= 15 is 0 Å². The first-order chi connectivity index (χ1) is 7.11. The molecule has 15 heavy (non-hydrogen) atoms. The Labute approximate surface area is 96.5 Å². The van der Waals surface area contributed by atoms with Gasteiger partial charge in [-0.1, -0.05) is 15.9 Å². The summed E-state index contributed by atoms with van der Waals surface area (Å²) in [6.07, 6.45) is 0. The van der Waals surface area contributed by atoms with Gasteiger partial charge < -0.3 is 9.47 Å². The van der Waals surface area contributed by atoms with Crippen molar-refractivity contribution in [3.8, 4) is 11.5 Å². The highest BCUT2D eigenvalue weighted by Gasteiger charge is 2.22. The van der Waals surface area contributed by atoms with Crippen molar-refractivity contribution in [3.63, 3.8) is 0 Å². The number of carbonyl (C=O) groups is 1. The molecule has 3 nitrogen and oxygen atoms in total. The lowest BCUT2D eigenvalue weighted by atomic mass is 10.0. The van der Waals surface area contributed by atoms with Crippen LogP contribution in [0.5, 0.6) is 11.5 Å². The first-order valence-corrected chi connectivity index (χ1v) is 5.50. The summed E-state index contributed by atoms with van der Waals surface area (Å²) in [5.41, 5.74) is 1.51. The molecule has 0 atom stereocenters. The molecule has 1 aromatic rings. The maximum atomic E-state index is 11.5. The Morgan fingerprint density at radius 2 is 2.07 bits per heavy atom. The van der Waals surface area contributed by atoms with E-state index in [0.29, 0.717) is 30.3 Å². The summed E-state index contributed by atoms with van der Waals surface area (Å²) in [5, 5.41) is 0. The molecule has 0 N–H and O–H groups in total. The summed E-state index contributed by atoms with van der Waals surface area (Å²) in [4.78, 5) is 11.5. The van der Waals surface area contributed by atoms with Gasteiger partial charge >= 0.3 is 0 Å². The predicted octanol–water partition coefficient (Wildman–Crippen LogP) is 2.73. The summed E-state index contributed by atoms with van der Waals surface area (Å²) in [7, 11) is 0. The monoisotopic (exact) mass is 270 g/mol. The maximum absolute atomic E-state index is 11.5. The quantitative estimate of drug-likeness (QED) is 0.737. The third-order valence-corrected chi connectivity index (χ3v) is 3.20. The van der Waals surface area contributed by atoms with Crippen LogP contribution in [0.4, 0.5) is 0 Å². The van der Waals surface area contributed by atoms with Crippen molar-refractivity contribution in [1.29, 1.82) is 0 Å². The standard InChI is InChI=1S/C11H11BrO3/c1-6-8(12)5-9-11(10(6)7(2)13)15-4-3-14-9/h5H,3-4H2,1-2H3. The number of hydrogen-bond acceptors (Lipinski definition) is 3. The Morgan fingerprint density at radius 1 is 1.40 bits per heavy atom. The molecule has 1 aromatic carbocycles. The van der Waals surface area contributed by atoms with Crippen molar-refractivity contribution in [2.75, 3.05) is 13.2 Å². The van der Waals surface area contributed by atoms with E-state index in [4.69, 9.17) is 9.47 Å². The molecule has 0 aromatic heterocycles. The molecule has 0 fully saturated rings. The highest BCUT2D eigenvalue weighted by atomic mass is 79.9. The van der Waals surface area contributed by atoms with Crippen LogP contribution in [0.25, 0.3) is 0 Å². The largest absolute Gasteiger partial charge is 0.486 e. The van der Waals surface area contributed by atoms with Gasteiger partial charge in [-0.05, 0) is 25.5 Å². The van der Waals surface area contributed by atoms with Crippen LogP contribution in [0.3, 0.4) is 0 Å². The van der Waals surface area contributed by atoms with Gasteiger partial charge in [0.25, 0.3) is 0 Å². The molecule has 80 valence electrons. The number of halogens is 1. The van der Waals surface area contributed by atoms with Gasteiger partial charge in [-0.15, -0.1) is 0 Å². The van der Waals surface area contributed by atoms with Gasteiger partial charge in [-0.3, -0.25) is 4.79 Å². The van der Waals surface area contributed by atoms with Crippen LogP contribution < -0.4 is 9.47 Å². The lowest BCUT2D eigenvalue weighted by molar-refractivity contribution is 0.100. The number of ketones is 1. The molecule has 0 saturated carbocycles. The number of carbonyl (C=O) groups excluding carboxylic acids is 1. The van der Waals surface area contributed by atoms with Crippen LogP contribution in [0, 0.1) is 6.92 Å². The van der Waals surface area contributed by atoms with Crippen molar-refractivity contribution in [1.82, 2.24) is 0 Å². The predicted molar refractivity (Wildman–Crippen MR) is 59.9 cm³/mol. The number of benzene rings is 1. The van der Waals surface area contributed by atoms with E-state index in [-0.39, 0.29) is 5.78 Å². The molecule has 1 aliphatic rings. The van der Waals surface area contributed by atoms with Crippen LogP contribution in [0.15, 0.2) is 10.5 Å². The number of fused-ring (bicyclic) bond motifs is 1. The van der Waals surface area contributed by atoms with Crippen LogP contribution in [0.2, 0.25) is 0 Å². The lowest BCUT2D eigenvalue weighted by Crippen LogP contribution is -2.18. The first-order valence-electron chi connectivity index (χ1n) is 4.71. The zero-order valence-corrected chi connectivity index (χ0v) is 10.2. The van der Waals surface area contributed by atoms with Gasteiger partial charge in [0.15, 0.2) is 17.3 Å². The third kappa shape index (κ3) is 1.74. The molecule has 1 heterocycles. The number of rotatable bonds is 1. The number of hydrogen-bond donors (Lipinski definition) is 0. The molecular weight excluding hydrogens is 260 g/mol. The molecule has 0 bridgehead atoms. The summed E-state index contributed by atoms with van der Waals surface area (Å²) in [5.74, 6) is 1.22. The Balaban J connectivity index is 2.68. The average molecular weight is 271 g/mol. The van der Waals surface area contributed by atoms with E-state index in [1.165, 1.54) is 6.92 Å². The SMILES string of the molecule is CC(=O)c1c(C)c(Br)cc2c1OCCO2. The molecule has 0 aliphatic carbocycles. The smallest absolute Gasteiger partial charge is 0.172 e. The molecule has 0 amide bonds. The Kier molecular flexibility index (Phi) is 2.69. The summed E-state index contributed by atoms with van der Waals surface area (Å²) < 4.78 is 11.8.